The molecule has 0 fully saturated rings. The topological polar surface area (TPSA) is 29.9 Å². The van der Waals surface area contributed by atoms with Gasteiger partial charge in [-0.2, -0.15) is 5.10 Å². The lowest BCUT2D eigenvalue weighted by Gasteiger charge is -2.18. The number of nitrogens with one attached hydrogen (secondary N) is 1. The molecule has 0 aliphatic rings. The third kappa shape index (κ3) is 3.60. The molecule has 0 saturated carbocycles. The second kappa shape index (κ2) is 6.82. The van der Waals surface area contributed by atoms with Crippen LogP contribution in [0, 0.1) is 6.92 Å². The van der Waals surface area contributed by atoms with Gasteiger partial charge in [0.1, 0.15) is 0 Å². The minimum Gasteiger partial charge on any atom is -0.313 e. The zero-order valence-corrected chi connectivity index (χ0v) is 14.4. The average molecular weight is 326 g/mol. The van der Waals surface area contributed by atoms with Crippen molar-refractivity contribution in [3.8, 4) is 0 Å². The van der Waals surface area contributed by atoms with Gasteiger partial charge < -0.3 is 5.32 Å². The van der Waals surface area contributed by atoms with Gasteiger partial charge in [0.05, 0.1) is 16.4 Å². The number of benzene rings is 1. The second-order valence-electron chi connectivity index (χ2n) is 5.29. The lowest BCUT2D eigenvalue weighted by atomic mass is 10.00. The van der Waals surface area contributed by atoms with Gasteiger partial charge in [-0.3, -0.25) is 4.68 Å². The highest BCUT2D eigenvalue weighted by atomic mass is 35.5. The monoisotopic (exact) mass is 325 g/mol. The van der Waals surface area contributed by atoms with Gasteiger partial charge >= 0.3 is 0 Å². The van der Waals surface area contributed by atoms with E-state index in [0.29, 0.717) is 0 Å². The van der Waals surface area contributed by atoms with E-state index in [9.17, 15) is 0 Å². The Morgan fingerprint density at radius 1 is 1.29 bits per heavy atom. The van der Waals surface area contributed by atoms with Crippen molar-refractivity contribution < 1.29 is 0 Å². The van der Waals surface area contributed by atoms with Crippen LogP contribution < -0.4 is 5.32 Å². The van der Waals surface area contributed by atoms with Crippen LogP contribution in [0.2, 0.25) is 10.0 Å². The highest BCUT2D eigenvalue weighted by molar-refractivity contribution is 6.32. The highest BCUT2D eigenvalue weighted by Gasteiger charge is 2.18. The lowest BCUT2D eigenvalue weighted by Crippen LogP contribution is -2.20. The number of aryl methyl sites for hydroxylation is 3. The van der Waals surface area contributed by atoms with E-state index in [1.807, 2.05) is 37.8 Å². The highest BCUT2D eigenvalue weighted by Crippen LogP contribution is 2.28. The number of halogens is 2. The molecule has 0 bridgehead atoms. The van der Waals surface area contributed by atoms with Crippen LogP contribution in [-0.4, -0.2) is 16.8 Å². The second-order valence-corrected chi connectivity index (χ2v) is 6.11. The molecule has 1 aromatic carbocycles. The molecular weight excluding hydrogens is 305 g/mol. The number of nitrogens with zero attached hydrogens (tertiary/aromatic N) is 2. The molecule has 0 aliphatic carbocycles. The predicted octanol–water partition coefficient (Wildman–Crippen LogP) is 4.10. The van der Waals surface area contributed by atoms with Crippen molar-refractivity contribution in [3.05, 3.63) is 50.8 Å². The molecule has 1 aromatic heterocycles. The number of rotatable bonds is 5. The van der Waals surface area contributed by atoms with Gasteiger partial charge in [0, 0.05) is 24.5 Å². The standard InChI is InChI=1S/C16H21Cl2N3/c1-5-13-16(18)15(21(4)20-13)9-14(19-3)11-6-10(2)7-12(17)8-11/h6-8,14,19H,5,9H2,1-4H3. The summed E-state index contributed by atoms with van der Waals surface area (Å²) in [4.78, 5) is 0. The van der Waals surface area contributed by atoms with Crippen molar-refractivity contribution in [1.29, 1.82) is 0 Å². The molecule has 114 valence electrons. The maximum Gasteiger partial charge on any atom is 0.0850 e. The Balaban J connectivity index is 2.33. The Labute approximate surface area is 136 Å². The van der Waals surface area contributed by atoms with Gasteiger partial charge in [-0.1, -0.05) is 36.2 Å². The molecular formula is C16H21Cl2N3. The van der Waals surface area contributed by atoms with E-state index in [2.05, 4.69) is 23.4 Å². The molecule has 1 heterocycles. The van der Waals surface area contributed by atoms with Crippen LogP contribution in [0.1, 0.15) is 35.5 Å². The zero-order valence-electron chi connectivity index (χ0n) is 12.9. The minimum absolute atomic E-state index is 0.153. The fourth-order valence-electron chi connectivity index (χ4n) is 2.59. The first kappa shape index (κ1) is 16.3. The van der Waals surface area contributed by atoms with Crippen LogP contribution in [-0.2, 0) is 19.9 Å². The van der Waals surface area contributed by atoms with E-state index < -0.39 is 0 Å². The van der Waals surface area contributed by atoms with Crippen molar-refractivity contribution in [1.82, 2.24) is 15.1 Å². The fraction of sp³-hybridized carbons (Fsp3) is 0.438. The maximum absolute atomic E-state index is 6.44. The molecule has 0 spiro atoms. The van der Waals surface area contributed by atoms with Crippen molar-refractivity contribution in [3.63, 3.8) is 0 Å². The van der Waals surface area contributed by atoms with Gasteiger partial charge in [-0.25, -0.2) is 0 Å². The summed E-state index contributed by atoms with van der Waals surface area (Å²) >= 11 is 12.6. The Morgan fingerprint density at radius 2 is 2.00 bits per heavy atom. The molecule has 2 rings (SSSR count). The summed E-state index contributed by atoms with van der Waals surface area (Å²) in [5.74, 6) is 0. The summed E-state index contributed by atoms with van der Waals surface area (Å²) in [6.45, 7) is 4.11. The molecule has 0 aliphatic heterocycles. The lowest BCUT2D eigenvalue weighted by molar-refractivity contribution is 0.561. The van der Waals surface area contributed by atoms with Crippen LogP contribution in [0.15, 0.2) is 18.2 Å². The number of hydrogen-bond donors (Lipinski definition) is 1. The van der Waals surface area contributed by atoms with Crippen LogP contribution >= 0.6 is 23.2 Å². The van der Waals surface area contributed by atoms with Crippen LogP contribution in [0.5, 0.6) is 0 Å². The molecule has 5 heteroatoms. The molecule has 1 unspecified atom stereocenters. The smallest absolute Gasteiger partial charge is 0.0850 e. The van der Waals surface area contributed by atoms with Crippen LogP contribution in [0.4, 0.5) is 0 Å². The summed E-state index contributed by atoms with van der Waals surface area (Å²) in [5.41, 5.74) is 4.32. The first-order valence-electron chi connectivity index (χ1n) is 7.10. The van der Waals surface area contributed by atoms with E-state index >= 15 is 0 Å². The summed E-state index contributed by atoms with van der Waals surface area (Å²) in [6, 6.07) is 6.27. The Morgan fingerprint density at radius 3 is 2.52 bits per heavy atom. The molecule has 1 atom stereocenters. The number of aromatic nitrogens is 2. The Kier molecular flexibility index (Phi) is 5.31. The first-order chi connectivity index (χ1) is 9.96. The third-order valence-corrected chi connectivity index (χ3v) is 4.37. The van der Waals surface area contributed by atoms with Crippen molar-refractivity contribution in [2.75, 3.05) is 7.05 Å². The van der Waals surface area contributed by atoms with Crippen molar-refractivity contribution in [2.24, 2.45) is 7.05 Å². The molecule has 21 heavy (non-hydrogen) atoms. The minimum atomic E-state index is 0.153. The molecule has 2 aromatic rings. The van der Waals surface area contributed by atoms with Crippen LogP contribution in [0.3, 0.4) is 0 Å². The van der Waals surface area contributed by atoms with E-state index in [0.717, 1.165) is 45.4 Å². The first-order valence-corrected chi connectivity index (χ1v) is 7.86. The van der Waals surface area contributed by atoms with Gasteiger partial charge in [-0.15, -0.1) is 0 Å². The van der Waals surface area contributed by atoms with Crippen molar-refractivity contribution >= 4 is 23.2 Å². The predicted molar refractivity (Wildman–Crippen MR) is 89.3 cm³/mol. The summed E-state index contributed by atoms with van der Waals surface area (Å²) in [7, 11) is 3.89. The summed E-state index contributed by atoms with van der Waals surface area (Å²) in [5, 5.41) is 9.36. The van der Waals surface area contributed by atoms with Crippen molar-refractivity contribution in [2.45, 2.75) is 32.7 Å². The Bertz CT molecular complexity index is 614. The fourth-order valence-corrected chi connectivity index (χ4v) is 3.26. The van der Waals surface area contributed by atoms with E-state index in [1.165, 1.54) is 0 Å². The summed E-state index contributed by atoms with van der Waals surface area (Å²) < 4.78 is 1.88. The largest absolute Gasteiger partial charge is 0.313 e. The molecule has 1 N–H and O–H groups in total. The van der Waals surface area contributed by atoms with Gasteiger partial charge in [0.15, 0.2) is 0 Å². The molecule has 3 nitrogen and oxygen atoms in total. The third-order valence-electron chi connectivity index (χ3n) is 3.72. The zero-order chi connectivity index (χ0) is 15.6. The van der Waals surface area contributed by atoms with E-state index in [4.69, 9.17) is 23.2 Å². The maximum atomic E-state index is 6.44. The number of likely N-dealkylation sites (N-methyl/N-ethyl adjacent to an activating group) is 1. The average Bonchev–Trinajstić information content (AvgIpc) is 2.70. The molecule has 0 saturated heterocycles. The van der Waals surface area contributed by atoms with Gasteiger partial charge in [0.25, 0.3) is 0 Å². The van der Waals surface area contributed by atoms with E-state index in [1.54, 1.807) is 0 Å². The van der Waals surface area contributed by atoms with E-state index in [-0.39, 0.29) is 6.04 Å². The quantitative estimate of drug-likeness (QED) is 0.896. The Hall–Kier alpha value is -1.03. The SMILES string of the molecule is CCc1nn(C)c(CC(NC)c2cc(C)cc(Cl)c2)c1Cl. The molecule has 0 radical (unpaired) electrons. The molecule has 0 amide bonds. The van der Waals surface area contributed by atoms with Crippen LogP contribution in [0.25, 0.3) is 0 Å². The van der Waals surface area contributed by atoms with Gasteiger partial charge in [-0.05, 0) is 43.7 Å². The van der Waals surface area contributed by atoms with Gasteiger partial charge in [0.2, 0.25) is 0 Å². The number of hydrogen-bond acceptors (Lipinski definition) is 2. The normalized spacial score (nSPS) is 12.7. The summed E-state index contributed by atoms with van der Waals surface area (Å²) in [6.07, 6.45) is 1.62.